The van der Waals surface area contributed by atoms with Crippen LogP contribution < -0.4 is 16.2 Å². The number of hydrogen-bond donors (Lipinski definition) is 3. The summed E-state index contributed by atoms with van der Waals surface area (Å²) >= 11 is 0. The van der Waals surface area contributed by atoms with Gasteiger partial charge in [0.1, 0.15) is 23.5 Å². The average molecular weight is 515 g/mol. The van der Waals surface area contributed by atoms with Gasteiger partial charge in [-0.1, -0.05) is 5.16 Å². The highest BCUT2D eigenvalue weighted by Crippen LogP contribution is 2.51. The van der Waals surface area contributed by atoms with Crippen LogP contribution in [0.3, 0.4) is 0 Å². The van der Waals surface area contributed by atoms with E-state index in [9.17, 15) is 18.8 Å². The average Bonchev–Trinajstić information content (AvgIpc) is 3.81. The van der Waals surface area contributed by atoms with Crippen LogP contribution in [0.4, 0.5) is 10.1 Å². The number of aryl methyl sites for hydroxylation is 1. The molecule has 0 spiro atoms. The minimum absolute atomic E-state index is 0.00729. The maximum absolute atomic E-state index is 14.9. The fraction of sp³-hybridized carbons (Fsp3) is 0.522. The molecule has 13 nitrogen and oxygen atoms in total. The largest absolute Gasteiger partial charge is 0.382 e. The van der Waals surface area contributed by atoms with Gasteiger partial charge in [-0.2, -0.15) is 9.49 Å². The van der Waals surface area contributed by atoms with Crippen LogP contribution in [0.5, 0.6) is 0 Å². The van der Waals surface area contributed by atoms with Gasteiger partial charge < -0.3 is 15.4 Å². The topological polar surface area (TPSA) is 170 Å². The van der Waals surface area contributed by atoms with Gasteiger partial charge in [0.2, 0.25) is 5.91 Å². The summed E-state index contributed by atoms with van der Waals surface area (Å²) in [5.41, 5.74) is -0.0918. The van der Waals surface area contributed by atoms with Gasteiger partial charge in [0.05, 0.1) is 12.8 Å². The number of methoxy groups -OCH3 is 1. The van der Waals surface area contributed by atoms with Crippen LogP contribution in [0.15, 0.2) is 27.9 Å². The standard InChI is InChI=1S/C23H27FN8O5/c1-11-18(31-37-30-11)22(34)27-19(17(12-3-4-12)13-5-6-13)23(35)26-15-9-32(29-20(15)24)16(10-36-2)14-7-8-25-28-21(14)33/h7-9,12-13,16-17,19H,3-6,10H2,1-2H3,(H,26,35)(H,27,34)(H,28,33). The van der Waals surface area contributed by atoms with Crippen LogP contribution in [-0.4, -0.2) is 61.9 Å². The van der Waals surface area contributed by atoms with E-state index in [1.54, 1.807) is 6.92 Å². The molecule has 0 saturated heterocycles. The second kappa shape index (κ2) is 10.2. The third-order valence-electron chi connectivity index (χ3n) is 6.86. The number of rotatable bonds is 11. The molecule has 2 aliphatic carbocycles. The first-order valence-corrected chi connectivity index (χ1v) is 12.1. The van der Waals surface area contributed by atoms with Gasteiger partial charge in [-0.3, -0.25) is 19.1 Å². The highest BCUT2D eigenvalue weighted by Gasteiger charge is 2.48. The predicted molar refractivity (Wildman–Crippen MR) is 125 cm³/mol. The summed E-state index contributed by atoms with van der Waals surface area (Å²) in [4.78, 5) is 38.7. The summed E-state index contributed by atoms with van der Waals surface area (Å²) in [6.45, 7) is 1.60. The third-order valence-corrected chi connectivity index (χ3v) is 6.86. The lowest BCUT2D eigenvalue weighted by Crippen LogP contribution is -2.50. The van der Waals surface area contributed by atoms with E-state index in [1.807, 2.05) is 0 Å². The molecule has 2 unspecified atom stereocenters. The highest BCUT2D eigenvalue weighted by atomic mass is 19.1. The van der Waals surface area contributed by atoms with Crippen molar-refractivity contribution in [3.8, 4) is 0 Å². The van der Waals surface area contributed by atoms with Gasteiger partial charge >= 0.3 is 0 Å². The van der Waals surface area contributed by atoms with Crippen LogP contribution in [0.25, 0.3) is 0 Å². The molecule has 2 saturated carbocycles. The first-order chi connectivity index (χ1) is 17.9. The Morgan fingerprint density at radius 3 is 2.59 bits per heavy atom. The number of amides is 2. The number of hydrogen-bond acceptors (Lipinski definition) is 9. The van der Waals surface area contributed by atoms with Crippen molar-refractivity contribution in [3.63, 3.8) is 0 Å². The number of H-pyrrole nitrogens is 1. The summed E-state index contributed by atoms with van der Waals surface area (Å²) < 4.78 is 26.0. The number of nitrogens with one attached hydrogen (secondary N) is 3. The third kappa shape index (κ3) is 5.28. The Labute approximate surface area is 210 Å². The Morgan fingerprint density at radius 1 is 1.27 bits per heavy atom. The lowest BCUT2D eigenvalue weighted by molar-refractivity contribution is -0.119. The van der Waals surface area contributed by atoms with E-state index in [1.165, 1.54) is 30.3 Å². The van der Waals surface area contributed by atoms with E-state index >= 15 is 0 Å². The second-order valence-electron chi connectivity index (χ2n) is 9.52. The van der Waals surface area contributed by atoms with Crippen LogP contribution >= 0.6 is 0 Å². The molecule has 2 amide bonds. The molecule has 14 heteroatoms. The van der Waals surface area contributed by atoms with Gasteiger partial charge in [0, 0.05) is 18.9 Å². The lowest BCUT2D eigenvalue weighted by Gasteiger charge is -2.27. The number of nitrogens with zero attached hydrogens (tertiary/aromatic N) is 5. The number of carbonyl (C=O) groups is 2. The number of carbonyl (C=O) groups excluding carboxylic acids is 2. The Morgan fingerprint density at radius 2 is 2.00 bits per heavy atom. The molecule has 0 aliphatic heterocycles. The van der Waals surface area contributed by atoms with Gasteiger partial charge in [-0.05, 0) is 61.6 Å². The van der Waals surface area contributed by atoms with Gasteiger partial charge in [-0.15, -0.1) is 5.10 Å². The molecule has 0 aromatic carbocycles. The summed E-state index contributed by atoms with van der Waals surface area (Å²) in [5.74, 6) is -1.56. The molecule has 2 atom stereocenters. The molecular formula is C23H27FN8O5. The van der Waals surface area contributed by atoms with Crippen LogP contribution in [0, 0.1) is 30.6 Å². The van der Waals surface area contributed by atoms with E-state index in [4.69, 9.17) is 4.74 Å². The SMILES string of the molecule is COCC(c1ccn[nH]c1=O)n1cc(NC(=O)C(NC(=O)c2nonc2C)C(C2CC2)C2CC2)c(F)n1. The van der Waals surface area contributed by atoms with Crippen LogP contribution in [0.2, 0.25) is 0 Å². The Kier molecular flexibility index (Phi) is 6.82. The van der Waals surface area contributed by atoms with Crippen molar-refractivity contribution in [3.05, 3.63) is 51.7 Å². The van der Waals surface area contributed by atoms with E-state index in [0.29, 0.717) is 17.5 Å². The van der Waals surface area contributed by atoms with Crippen molar-refractivity contribution in [1.82, 2.24) is 35.6 Å². The first kappa shape index (κ1) is 24.7. The molecule has 3 aromatic rings. The molecule has 2 aliphatic rings. The van der Waals surface area contributed by atoms with Crippen molar-refractivity contribution < 1.29 is 23.3 Å². The fourth-order valence-electron chi connectivity index (χ4n) is 4.78. The number of ether oxygens (including phenoxy) is 1. The quantitative estimate of drug-likeness (QED) is 0.340. The van der Waals surface area contributed by atoms with Crippen molar-refractivity contribution in [2.75, 3.05) is 19.0 Å². The van der Waals surface area contributed by atoms with Crippen molar-refractivity contribution in [1.29, 1.82) is 0 Å². The van der Waals surface area contributed by atoms with Gasteiger partial charge in [0.25, 0.3) is 17.4 Å². The van der Waals surface area contributed by atoms with E-state index in [2.05, 4.69) is 40.9 Å². The molecule has 0 radical (unpaired) electrons. The van der Waals surface area contributed by atoms with E-state index in [0.717, 1.165) is 25.7 Å². The highest BCUT2D eigenvalue weighted by molar-refractivity contribution is 6.01. The zero-order chi connectivity index (χ0) is 26.1. The Hall–Kier alpha value is -3.94. The normalized spacial score (nSPS) is 17.0. The molecule has 37 heavy (non-hydrogen) atoms. The van der Waals surface area contributed by atoms with E-state index in [-0.39, 0.29) is 29.5 Å². The number of aromatic amines is 1. The molecule has 5 rings (SSSR count). The summed E-state index contributed by atoms with van der Waals surface area (Å²) in [6.07, 6.45) is 6.57. The first-order valence-electron chi connectivity index (χ1n) is 12.1. The molecule has 3 aromatic heterocycles. The minimum Gasteiger partial charge on any atom is -0.382 e. The Bertz CT molecular complexity index is 1330. The number of anilines is 1. The number of halogens is 1. The summed E-state index contributed by atoms with van der Waals surface area (Å²) in [6, 6.07) is -0.187. The minimum atomic E-state index is -0.934. The van der Waals surface area contributed by atoms with Gasteiger partial charge in [0.15, 0.2) is 5.69 Å². The van der Waals surface area contributed by atoms with Crippen molar-refractivity contribution in [2.24, 2.45) is 17.8 Å². The predicted octanol–water partition coefficient (Wildman–Crippen LogP) is 1.21. The monoisotopic (exact) mass is 514 g/mol. The second-order valence-corrected chi connectivity index (χ2v) is 9.52. The van der Waals surface area contributed by atoms with Crippen molar-refractivity contribution >= 4 is 17.5 Å². The molecule has 3 N–H and O–H groups in total. The maximum Gasteiger partial charge on any atom is 0.276 e. The van der Waals surface area contributed by atoms with Gasteiger partial charge in [-0.25, -0.2) is 9.73 Å². The van der Waals surface area contributed by atoms with Crippen molar-refractivity contribution in [2.45, 2.75) is 44.7 Å². The van der Waals surface area contributed by atoms with Crippen LogP contribution in [0.1, 0.15) is 53.5 Å². The summed E-state index contributed by atoms with van der Waals surface area (Å²) in [7, 11) is 1.44. The Balaban J connectivity index is 1.40. The molecule has 196 valence electrons. The zero-order valence-electron chi connectivity index (χ0n) is 20.3. The molecular weight excluding hydrogens is 487 g/mol. The fourth-order valence-corrected chi connectivity index (χ4v) is 4.78. The molecule has 0 bridgehead atoms. The van der Waals surface area contributed by atoms with Crippen LogP contribution in [-0.2, 0) is 9.53 Å². The molecule has 3 heterocycles. The summed E-state index contributed by atoms with van der Waals surface area (Å²) in [5, 5.41) is 22.5. The zero-order valence-corrected chi connectivity index (χ0v) is 20.3. The van der Waals surface area contributed by atoms with E-state index < -0.39 is 35.4 Å². The number of aromatic nitrogens is 6. The maximum atomic E-state index is 14.9. The smallest absolute Gasteiger partial charge is 0.276 e. The lowest BCUT2D eigenvalue weighted by atomic mass is 9.88. The molecule has 2 fully saturated rings.